The molecular weight excluding hydrogens is 321 g/mol. The third kappa shape index (κ3) is 4.50. The van der Waals surface area contributed by atoms with Gasteiger partial charge in [-0.1, -0.05) is 48.5 Å². The summed E-state index contributed by atoms with van der Waals surface area (Å²) >= 11 is 0. The molecule has 2 rings (SSSR count). The van der Waals surface area contributed by atoms with Gasteiger partial charge in [-0.05, 0) is 18.6 Å². The molecule has 24 heavy (non-hydrogen) atoms. The minimum Gasteiger partial charge on any atom is -0.466 e. The van der Waals surface area contributed by atoms with Crippen molar-refractivity contribution >= 4 is 5.97 Å². The van der Waals surface area contributed by atoms with E-state index in [0.29, 0.717) is 0 Å². The first-order valence-electron chi connectivity index (χ1n) is 7.43. The number of para-hydroxylation sites is 1. The van der Waals surface area contributed by atoms with Crippen molar-refractivity contribution in [1.29, 1.82) is 0 Å². The number of ether oxygens (including phenoxy) is 2. The molecule has 0 bridgehead atoms. The van der Waals surface area contributed by atoms with E-state index >= 15 is 0 Å². The van der Waals surface area contributed by atoms with Crippen LogP contribution in [0.5, 0.6) is 5.75 Å². The molecule has 0 aromatic heterocycles. The van der Waals surface area contributed by atoms with Crippen LogP contribution in [0.3, 0.4) is 0 Å². The van der Waals surface area contributed by atoms with E-state index in [0.717, 1.165) is 0 Å². The Balaban J connectivity index is 2.18. The monoisotopic (exact) mass is 338 g/mol. The Labute approximate surface area is 138 Å². The molecule has 0 aliphatic rings. The third-order valence-corrected chi connectivity index (χ3v) is 3.25. The van der Waals surface area contributed by atoms with E-state index in [1.54, 1.807) is 19.1 Å². The molecule has 0 amide bonds. The maximum Gasteiger partial charge on any atom is 0.434 e. The number of hydrogen-bond acceptors (Lipinski definition) is 3. The average Bonchev–Trinajstić information content (AvgIpc) is 2.57. The first-order valence-corrected chi connectivity index (χ1v) is 7.43. The van der Waals surface area contributed by atoms with Crippen molar-refractivity contribution in [1.82, 2.24) is 0 Å². The molecule has 0 saturated heterocycles. The van der Waals surface area contributed by atoms with Gasteiger partial charge in [0, 0.05) is 5.56 Å². The van der Waals surface area contributed by atoms with Gasteiger partial charge in [0.1, 0.15) is 5.75 Å². The zero-order valence-corrected chi connectivity index (χ0v) is 13.0. The summed E-state index contributed by atoms with van der Waals surface area (Å²) in [6, 6.07) is 12.8. The van der Waals surface area contributed by atoms with Crippen LogP contribution in [-0.2, 0) is 16.0 Å². The topological polar surface area (TPSA) is 35.5 Å². The summed E-state index contributed by atoms with van der Waals surface area (Å²) in [7, 11) is 0. The Morgan fingerprint density at radius 3 is 2.38 bits per heavy atom. The first-order chi connectivity index (χ1) is 11.4. The molecule has 0 spiro atoms. The van der Waals surface area contributed by atoms with E-state index in [1.807, 2.05) is 0 Å². The first kappa shape index (κ1) is 17.8. The molecule has 0 aliphatic heterocycles. The van der Waals surface area contributed by atoms with Gasteiger partial charge in [-0.2, -0.15) is 8.78 Å². The van der Waals surface area contributed by atoms with Gasteiger partial charge in [0.05, 0.1) is 13.0 Å². The number of carbonyl (C=O) groups excluding carboxylic acids is 1. The Kier molecular flexibility index (Phi) is 5.84. The van der Waals surface area contributed by atoms with Gasteiger partial charge < -0.3 is 9.47 Å². The average molecular weight is 338 g/mol. The maximum absolute atomic E-state index is 14.1. The van der Waals surface area contributed by atoms with Crippen LogP contribution in [0.2, 0.25) is 0 Å². The fraction of sp³-hybridized carbons (Fsp3) is 0.278. The lowest BCUT2D eigenvalue weighted by Gasteiger charge is -2.23. The molecule has 3 nitrogen and oxygen atoms in total. The summed E-state index contributed by atoms with van der Waals surface area (Å²) in [4.78, 5) is 11.5. The molecule has 0 N–H and O–H groups in total. The van der Waals surface area contributed by atoms with Crippen LogP contribution in [0.1, 0.15) is 24.2 Å². The van der Waals surface area contributed by atoms with Crippen LogP contribution >= 0.6 is 0 Å². The van der Waals surface area contributed by atoms with Gasteiger partial charge in [-0.25, -0.2) is 4.39 Å². The number of rotatable bonds is 7. The molecule has 0 heterocycles. The van der Waals surface area contributed by atoms with Gasteiger partial charge in [0.15, 0.2) is 0 Å². The largest absolute Gasteiger partial charge is 0.466 e. The number of esters is 1. The molecule has 2 aromatic rings. The summed E-state index contributed by atoms with van der Waals surface area (Å²) in [6.45, 7) is 1.82. The number of alkyl halides is 3. The molecule has 6 heteroatoms. The van der Waals surface area contributed by atoms with Crippen molar-refractivity contribution < 1.29 is 27.4 Å². The number of carbonyl (C=O) groups is 1. The van der Waals surface area contributed by atoms with Crippen molar-refractivity contribution in [3.63, 3.8) is 0 Å². The summed E-state index contributed by atoms with van der Waals surface area (Å²) in [5.74, 6) is -0.828. The number of benzene rings is 2. The molecule has 1 unspecified atom stereocenters. The summed E-state index contributed by atoms with van der Waals surface area (Å²) in [5, 5.41) is 0. The summed E-state index contributed by atoms with van der Waals surface area (Å²) < 4.78 is 51.8. The van der Waals surface area contributed by atoms with Crippen LogP contribution in [0, 0.1) is 0 Å². The van der Waals surface area contributed by atoms with E-state index < -0.39 is 18.2 Å². The fourth-order valence-corrected chi connectivity index (χ4v) is 2.13. The summed E-state index contributed by atoms with van der Waals surface area (Å²) in [6.07, 6.45) is -6.94. The van der Waals surface area contributed by atoms with Crippen LogP contribution in [-0.4, -0.2) is 18.7 Å². The Bertz CT molecular complexity index is 674. The molecule has 0 radical (unpaired) electrons. The van der Waals surface area contributed by atoms with Gasteiger partial charge in [-0.15, -0.1) is 0 Å². The maximum atomic E-state index is 14.1. The molecule has 0 fully saturated rings. The normalized spacial score (nSPS) is 12.5. The second-order valence-electron chi connectivity index (χ2n) is 5.03. The molecule has 1 atom stereocenters. The van der Waals surface area contributed by atoms with E-state index in [4.69, 9.17) is 4.74 Å². The summed E-state index contributed by atoms with van der Waals surface area (Å²) in [5.41, 5.74) is 0.0151. The highest BCUT2D eigenvalue weighted by Gasteiger charge is 2.44. The highest BCUT2D eigenvalue weighted by molar-refractivity contribution is 5.73. The van der Waals surface area contributed by atoms with Crippen LogP contribution in [0.4, 0.5) is 13.2 Å². The van der Waals surface area contributed by atoms with E-state index in [9.17, 15) is 18.0 Å². The van der Waals surface area contributed by atoms with E-state index in [1.165, 1.54) is 42.5 Å². The Morgan fingerprint density at radius 2 is 1.71 bits per heavy atom. The lowest BCUT2D eigenvalue weighted by molar-refractivity contribution is -0.222. The van der Waals surface area contributed by atoms with Crippen LogP contribution < -0.4 is 4.74 Å². The minimum atomic E-state index is -4.08. The smallest absolute Gasteiger partial charge is 0.434 e. The molecular formula is C18H17F3O3. The highest BCUT2D eigenvalue weighted by atomic mass is 19.3. The van der Waals surface area contributed by atoms with Crippen LogP contribution in [0.25, 0.3) is 0 Å². The Hall–Kier alpha value is -2.50. The molecule has 2 aromatic carbocycles. The quantitative estimate of drug-likeness (QED) is 0.699. The highest BCUT2D eigenvalue weighted by Crippen LogP contribution is 2.37. The number of halogens is 3. The zero-order valence-electron chi connectivity index (χ0n) is 13.0. The van der Waals surface area contributed by atoms with Crippen molar-refractivity contribution in [2.24, 2.45) is 0 Å². The minimum absolute atomic E-state index is 0.179. The molecule has 0 saturated carbocycles. The van der Waals surface area contributed by atoms with E-state index in [2.05, 4.69) is 4.74 Å². The van der Waals surface area contributed by atoms with Crippen LogP contribution in [0.15, 0.2) is 54.6 Å². The SMILES string of the molecule is CCOC(=O)Cc1ccccc1OC(F)(F)C(F)c1ccccc1. The third-order valence-electron chi connectivity index (χ3n) is 3.25. The zero-order chi connectivity index (χ0) is 17.6. The Morgan fingerprint density at radius 1 is 1.08 bits per heavy atom. The van der Waals surface area contributed by atoms with Gasteiger partial charge >= 0.3 is 12.1 Å². The van der Waals surface area contributed by atoms with Crippen molar-refractivity contribution in [3.8, 4) is 5.75 Å². The second kappa shape index (κ2) is 7.86. The van der Waals surface area contributed by atoms with E-state index in [-0.39, 0.29) is 29.9 Å². The fourth-order valence-electron chi connectivity index (χ4n) is 2.13. The van der Waals surface area contributed by atoms with Gasteiger partial charge in [-0.3, -0.25) is 4.79 Å². The predicted octanol–water partition coefficient (Wildman–Crippen LogP) is 4.47. The molecule has 128 valence electrons. The molecule has 0 aliphatic carbocycles. The van der Waals surface area contributed by atoms with Gasteiger partial charge in [0.25, 0.3) is 0 Å². The number of hydrogen-bond donors (Lipinski definition) is 0. The van der Waals surface area contributed by atoms with Gasteiger partial charge in [0.2, 0.25) is 6.17 Å². The van der Waals surface area contributed by atoms with Crippen molar-refractivity contribution in [3.05, 3.63) is 65.7 Å². The van der Waals surface area contributed by atoms with Crippen molar-refractivity contribution in [2.45, 2.75) is 25.6 Å². The lowest BCUT2D eigenvalue weighted by Crippen LogP contribution is -2.31. The lowest BCUT2D eigenvalue weighted by atomic mass is 10.1. The predicted molar refractivity (Wildman–Crippen MR) is 82.6 cm³/mol. The van der Waals surface area contributed by atoms with Crippen molar-refractivity contribution in [2.75, 3.05) is 6.61 Å². The standard InChI is InChI=1S/C18H17F3O3/c1-2-23-16(22)12-14-10-6-7-11-15(14)24-18(20,21)17(19)13-8-4-3-5-9-13/h3-11,17H,2,12H2,1H3. The second-order valence-corrected chi connectivity index (χ2v) is 5.03.